The lowest BCUT2D eigenvalue weighted by atomic mass is 10.2. The molecular formula is C23H34IN5O. The Morgan fingerprint density at radius 2 is 1.67 bits per heavy atom. The molecule has 0 atom stereocenters. The molecule has 0 amide bonds. The highest BCUT2D eigenvalue weighted by molar-refractivity contribution is 14.0. The number of hydrogen-bond acceptors (Lipinski definition) is 4. The molecule has 164 valence electrons. The molecular weight excluding hydrogens is 489 g/mol. The summed E-state index contributed by atoms with van der Waals surface area (Å²) in [5.41, 5.74) is 3.74. The average molecular weight is 523 g/mol. The lowest BCUT2D eigenvalue weighted by molar-refractivity contribution is 0.172. The Morgan fingerprint density at radius 3 is 2.30 bits per heavy atom. The first kappa shape index (κ1) is 24.4. The van der Waals surface area contributed by atoms with Crippen molar-refractivity contribution in [3.63, 3.8) is 0 Å². The van der Waals surface area contributed by atoms with Crippen LogP contribution in [0.4, 0.5) is 5.69 Å². The van der Waals surface area contributed by atoms with Gasteiger partial charge in [-0.15, -0.1) is 24.0 Å². The summed E-state index contributed by atoms with van der Waals surface area (Å²) in [4.78, 5) is 9.35. The van der Waals surface area contributed by atoms with Crippen LogP contribution in [-0.4, -0.2) is 69.2 Å². The predicted octanol–water partition coefficient (Wildman–Crippen LogP) is 3.26. The number of piperazine rings is 1. The Bertz CT molecular complexity index is 746. The minimum atomic E-state index is 0. The van der Waals surface area contributed by atoms with Gasteiger partial charge < -0.3 is 20.3 Å². The van der Waals surface area contributed by atoms with E-state index in [9.17, 15) is 0 Å². The summed E-state index contributed by atoms with van der Waals surface area (Å²) >= 11 is 0. The number of hydrogen-bond donors (Lipinski definition) is 2. The zero-order valence-corrected chi connectivity index (χ0v) is 20.3. The van der Waals surface area contributed by atoms with Crippen LogP contribution in [-0.2, 0) is 17.8 Å². The number of benzene rings is 2. The summed E-state index contributed by atoms with van der Waals surface area (Å²) in [6.07, 6.45) is 0. The smallest absolute Gasteiger partial charge is 0.194 e. The number of aliphatic imine (C=N–C) groups is 1. The fraction of sp³-hybridized carbons (Fsp3) is 0.435. The summed E-state index contributed by atoms with van der Waals surface area (Å²) in [5, 5.41) is 6.85. The predicted molar refractivity (Wildman–Crippen MR) is 136 cm³/mol. The van der Waals surface area contributed by atoms with Gasteiger partial charge in [0, 0.05) is 65.7 Å². The van der Waals surface area contributed by atoms with E-state index in [0.29, 0.717) is 6.61 Å². The van der Waals surface area contributed by atoms with Crippen LogP contribution >= 0.6 is 24.0 Å². The average Bonchev–Trinajstić information content (AvgIpc) is 2.77. The monoisotopic (exact) mass is 523 g/mol. The number of nitrogens with one attached hydrogen (secondary N) is 2. The van der Waals surface area contributed by atoms with E-state index in [-0.39, 0.29) is 24.0 Å². The molecule has 6 nitrogen and oxygen atoms in total. The van der Waals surface area contributed by atoms with Crippen molar-refractivity contribution in [1.29, 1.82) is 0 Å². The molecule has 1 saturated heterocycles. The number of rotatable bonds is 8. The van der Waals surface area contributed by atoms with Crippen molar-refractivity contribution < 1.29 is 4.74 Å². The van der Waals surface area contributed by atoms with Crippen molar-refractivity contribution in [2.75, 3.05) is 58.8 Å². The summed E-state index contributed by atoms with van der Waals surface area (Å²) in [6.45, 7) is 7.41. The summed E-state index contributed by atoms with van der Waals surface area (Å²) in [7, 11) is 3.58. The molecule has 1 fully saturated rings. The molecule has 0 saturated carbocycles. The zero-order chi connectivity index (χ0) is 20.3. The van der Waals surface area contributed by atoms with E-state index in [1.54, 1.807) is 7.11 Å². The van der Waals surface area contributed by atoms with Crippen LogP contribution in [0, 0.1) is 0 Å². The van der Waals surface area contributed by atoms with Crippen molar-refractivity contribution in [2.24, 2.45) is 4.99 Å². The highest BCUT2D eigenvalue weighted by Crippen LogP contribution is 2.11. The van der Waals surface area contributed by atoms with Crippen LogP contribution in [0.5, 0.6) is 0 Å². The molecule has 1 heterocycles. The molecule has 2 aromatic rings. The van der Waals surface area contributed by atoms with Crippen LogP contribution in [0.3, 0.4) is 0 Å². The van der Waals surface area contributed by atoms with Crippen molar-refractivity contribution >= 4 is 35.6 Å². The largest absolute Gasteiger partial charge is 0.383 e. The van der Waals surface area contributed by atoms with Gasteiger partial charge in [-0.2, -0.15) is 0 Å². The lowest BCUT2D eigenvalue weighted by Crippen LogP contribution is -2.52. The highest BCUT2D eigenvalue weighted by atomic mass is 127. The Kier molecular flexibility index (Phi) is 11.0. The maximum atomic E-state index is 5.07. The topological polar surface area (TPSA) is 52.1 Å². The van der Waals surface area contributed by atoms with E-state index < -0.39 is 0 Å². The Labute approximate surface area is 197 Å². The molecule has 7 heteroatoms. The number of methoxy groups -OCH3 is 1. The Morgan fingerprint density at radius 1 is 0.967 bits per heavy atom. The van der Waals surface area contributed by atoms with Gasteiger partial charge in [0.1, 0.15) is 0 Å². The maximum Gasteiger partial charge on any atom is 0.194 e. The van der Waals surface area contributed by atoms with Crippen molar-refractivity contribution in [2.45, 2.75) is 13.1 Å². The van der Waals surface area contributed by atoms with Crippen molar-refractivity contribution in [3.05, 3.63) is 65.7 Å². The summed E-state index contributed by atoms with van der Waals surface area (Å²) in [5.74, 6) is 0.978. The second-order valence-corrected chi connectivity index (χ2v) is 7.27. The normalized spacial score (nSPS) is 14.9. The van der Waals surface area contributed by atoms with Gasteiger partial charge in [-0.1, -0.05) is 42.5 Å². The van der Waals surface area contributed by atoms with Gasteiger partial charge in [-0.3, -0.25) is 9.89 Å². The third-order valence-electron chi connectivity index (χ3n) is 5.17. The molecule has 0 unspecified atom stereocenters. The first-order chi connectivity index (χ1) is 14.3. The number of halogens is 1. The van der Waals surface area contributed by atoms with E-state index in [0.717, 1.165) is 57.5 Å². The van der Waals surface area contributed by atoms with Gasteiger partial charge in [0.15, 0.2) is 5.96 Å². The van der Waals surface area contributed by atoms with Crippen LogP contribution in [0.15, 0.2) is 59.6 Å². The van der Waals surface area contributed by atoms with Crippen LogP contribution in [0.2, 0.25) is 0 Å². The lowest BCUT2D eigenvalue weighted by Gasteiger charge is -2.36. The molecule has 0 spiro atoms. The Hall–Kier alpha value is -1.84. The zero-order valence-electron chi connectivity index (χ0n) is 18.0. The molecule has 0 aromatic heterocycles. The molecule has 0 radical (unpaired) electrons. The van der Waals surface area contributed by atoms with Gasteiger partial charge in [-0.05, 0) is 23.3 Å². The minimum Gasteiger partial charge on any atom is -0.383 e. The van der Waals surface area contributed by atoms with Crippen LogP contribution in [0.1, 0.15) is 11.1 Å². The number of guanidine groups is 1. The maximum absolute atomic E-state index is 5.07. The minimum absolute atomic E-state index is 0. The molecule has 1 aliphatic rings. The quantitative estimate of drug-likeness (QED) is 0.241. The molecule has 3 rings (SSSR count). The SMILES string of the molecule is CN=C(NCc1ccc(NCCOC)cc1)N1CCN(Cc2ccccc2)CC1.I. The standard InChI is InChI=1S/C23H33N5O.HI/c1-24-23(26-18-20-8-10-22(11-9-20)25-12-17-29-2)28-15-13-27(14-16-28)19-21-6-4-3-5-7-21;/h3-11,25H,12-19H2,1-2H3,(H,24,26);1H. The highest BCUT2D eigenvalue weighted by Gasteiger charge is 2.19. The van der Waals surface area contributed by atoms with Gasteiger partial charge in [0.05, 0.1) is 6.61 Å². The number of anilines is 1. The van der Waals surface area contributed by atoms with Gasteiger partial charge in [0.2, 0.25) is 0 Å². The van der Waals surface area contributed by atoms with Crippen molar-refractivity contribution in [3.8, 4) is 0 Å². The fourth-order valence-corrected chi connectivity index (χ4v) is 3.51. The van der Waals surface area contributed by atoms with E-state index >= 15 is 0 Å². The van der Waals surface area contributed by atoms with E-state index in [1.807, 2.05) is 7.05 Å². The molecule has 2 N–H and O–H groups in total. The van der Waals surface area contributed by atoms with Crippen LogP contribution in [0.25, 0.3) is 0 Å². The fourth-order valence-electron chi connectivity index (χ4n) is 3.51. The molecule has 30 heavy (non-hydrogen) atoms. The molecule has 0 bridgehead atoms. The van der Waals surface area contributed by atoms with Crippen LogP contribution < -0.4 is 10.6 Å². The first-order valence-corrected chi connectivity index (χ1v) is 10.3. The van der Waals surface area contributed by atoms with E-state index in [1.165, 1.54) is 11.1 Å². The van der Waals surface area contributed by atoms with Gasteiger partial charge in [0.25, 0.3) is 0 Å². The third kappa shape index (κ3) is 7.77. The molecule has 2 aromatic carbocycles. The van der Waals surface area contributed by atoms with Gasteiger partial charge in [-0.25, -0.2) is 0 Å². The van der Waals surface area contributed by atoms with Crippen molar-refractivity contribution in [1.82, 2.24) is 15.1 Å². The number of nitrogens with zero attached hydrogens (tertiary/aromatic N) is 3. The second-order valence-electron chi connectivity index (χ2n) is 7.27. The first-order valence-electron chi connectivity index (χ1n) is 10.3. The summed E-state index contributed by atoms with van der Waals surface area (Å²) < 4.78 is 5.07. The molecule has 0 aliphatic carbocycles. The molecule has 1 aliphatic heterocycles. The van der Waals surface area contributed by atoms with E-state index in [2.05, 4.69) is 80.0 Å². The summed E-state index contributed by atoms with van der Waals surface area (Å²) in [6, 6.07) is 19.2. The second kappa shape index (κ2) is 13.5. The third-order valence-corrected chi connectivity index (χ3v) is 5.17. The Balaban J connectivity index is 0.00000320. The van der Waals surface area contributed by atoms with Gasteiger partial charge >= 0.3 is 0 Å². The number of ether oxygens (including phenoxy) is 1. The van der Waals surface area contributed by atoms with E-state index in [4.69, 9.17) is 4.74 Å².